The van der Waals surface area contributed by atoms with Gasteiger partial charge in [-0.3, -0.25) is 0 Å². The number of rotatable bonds is 6. The maximum Gasteiger partial charge on any atom is 0.243 e. The summed E-state index contributed by atoms with van der Waals surface area (Å²) in [5, 5.41) is 0.911. The summed E-state index contributed by atoms with van der Waals surface area (Å²) in [4.78, 5) is 5.08. The molecule has 1 aliphatic rings. The number of hydrogen-bond acceptors (Lipinski definition) is 5. The van der Waals surface area contributed by atoms with Gasteiger partial charge in [0.15, 0.2) is 5.16 Å². The van der Waals surface area contributed by atoms with Gasteiger partial charge in [-0.2, -0.15) is 4.31 Å². The van der Waals surface area contributed by atoms with Gasteiger partial charge in [0.05, 0.1) is 29.1 Å². The highest BCUT2D eigenvalue weighted by atomic mass is 32.2. The Morgan fingerprint density at radius 2 is 1.87 bits per heavy atom. The first-order valence-corrected chi connectivity index (χ1v) is 12.6. The molecule has 0 saturated carbocycles. The summed E-state index contributed by atoms with van der Waals surface area (Å²) in [6, 6.07) is 11.8. The zero-order chi connectivity index (χ0) is 21.3. The topological polar surface area (TPSA) is 64.4 Å². The third-order valence-electron chi connectivity index (χ3n) is 5.47. The van der Waals surface area contributed by atoms with Gasteiger partial charge in [0, 0.05) is 25.4 Å². The van der Waals surface area contributed by atoms with Crippen molar-refractivity contribution >= 4 is 32.8 Å². The van der Waals surface area contributed by atoms with Crippen LogP contribution in [0.2, 0.25) is 0 Å². The molecular weight excluding hydrogens is 418 g/mol. The van der Waals surface area contributed by atoms with Crippen molar-refractivity contribution in [2.75, 3.05) is 26.3 Å². The number of nitrogens with zero attached hydrogens (tertiary/aromatic N) is 3. The summed E-state index contributed by atoms with van der Waals surface area (Å²) in [5.74, 6) is 0.829. The first-order valence-electron chi connectivity index (χ1n) is 10.2. The van der Waals surface area contributed by atoms with Crippen molar-refractivity contribution in [3.8, 4) is 0 Å². The van der Waals surface area contributed by atoms with Gasteiger partial charge in [-0.1, -0.05) is 35.5 Å². The second-order valence-electron chi connectivity index (χ2n) is 7.52. The quantitative estimate of drug-likeness (QED) is 0.537. The Balaban J connectivity index is 1.64. The van der Waals surface area contributed by atoms with Crippen LogP contribution in [0, 0.1) is 13.8 Å². The van der Waals surface area contributed by atoms with E-state index in [9.17, 15) is 8.42 Å². The van der Waals surface area contributed by atoms with E-state index in [1.54, 1.807) is 23.9 Å². The second kappa shape index (κ2) is 8.70. The highest BCUT2D eigenvalue weighted by Gasteiger charge is 2.27. The van der Waals surface area contributed by atoms with Gasteiger partial charge in [-0.05, 0) is 50.1 Å². The Labute approximate surface area is 182 Å². The van der Waals surface area contributed by atoms with Crippen molar-refractivity contribution in [1.82, 2.24) is 13.9 Å². The van der Waals surface area contributed by atoms with Crippen molar-refractivity contribution in [1.29, 1.82) is 0 Å². The van der Waals surface area contributed by atoms with Gasteiger partial charge in [-0.15, -0.1) is 0 Å². The largest absolute Gasteiger partial charge is 0.379 e. The van der Waals surface area contributed by atoms with Crippen LogP contribution >= 0.6 is 11.8 Å². The number of hydrogen-bond donors (Lipinski definition) is 0. The maximum atomic E-state index is 13.0. The minimum Gasteiger partial charge on any atom is -0.379 e. The molecule has 0 radical (unpaired) electrons. The molecule has 0 unspecified atom stereocenters. The number of aryl methyl sites for hydroxylation is 3. The van der Waals surface area contributed by atoms with Gasteiger partial charge in [0.25, 0.3) is 0 Å². The number of aromatic nitrogens is 2. The number of imidazole rings is 1. The average molecular weight is 446 g/mol. The van der Waals surface area contributed by atoms with Crippen LogP contribution in [0.25, 0.3) is 11.0 Å². The van der Waals surface area contributed by atoms with E-state index in [1.165, 1.54) is 21.0 Å². The van der Waals surface area contributed by atoms with E-state index in [0.717, 1.165) is 28.5 Å². The molecule has 0 amide bonds. The fourth-order valence-corrected chi connectivity index (χ4v) is 6.27. The fraction of sp³-hybridized carbons (Fsp3) is 0.409. The van der Waals surface area contributed by atoms with Crippen LogP contribution in [-0.4, -0.2) is 48.6 Å². The van der Waals surface area contributed by atoms with E-state index < -0.39 is 10.0 Å². The van der Waals surface area contributed by atoms with Crippen molar-refractivity contribution in [2.24, 2.45) is 0 Å². The van der Waals surface area contributed by atoms with E-state index in [4.69, 9.17) is 9.72 Å². The summed E-state index contributed by atoms with van der Waals surface area (Å²) >= 11 is 1.69. The summed E-state index contributed by atoms with van der Waals surface area (Å²) in [6.07, 6.45) is 0. The number of morpholine rings is 1. The van der Waals surface area contributed by atoms with Crippen LogP contribution < -0.4 is 0 Å². The number of benzene rings is 2. The Morgan fingerprint density at radius 3 is 2.60 bits per heavy atom. The minimum absolute atomic E-state index is 0.295. The maximum absolute atomic E-state index is 13.0. The molecule has 4 rings (SSSR count). The molecule has 1 saturated heterocycles. The standard InChI is InChI=1S/C22H27N3O3S2/c1-4-25-21-8-7-19(30(26,27)24-9-11-28-12-10-24)14-20(21)23-22(25)29-15-18-13-16(2)5-6-17(18)3/h5-8,13-14H,4,9-12,15H2,1-3H3. The van der Waals surface area contributed by atoms with E-state index in [1.807, 2.05) is 6.07 Å². The molecule has 0 bridgehead atoms. The summed E-state index contributed by atoms with van der Waals surface area (Å²) < 4.78 is 34.9. The van der Waals surface area contributed by atoms with Gasteiger partial charge in [0.1, 0.15) is 0 Å². The number of sulfonamides is 1. The van der Waals surface area contributed by atoms with Gasteiger partial charge >= 0.3 is 0 Å². The lowest BCUT2D eigenvalue weighted by atomic mass is 10.1. The Morgan fingerprint density at radius 1 is 1.10 bits per heavy atom. The van der Waals surface area contributed by atoms with Crippen molar-refractivity contribution in [3.05, 3.63) is 53.1 Å². The number of thioether (sulfide) groups is 1. The van der Waals surface area contributed by atoms with Crippen molar-refractivity contribution < 1.29 is 13.2 Å². The molecule has 3 aromatic rings. The molecule has 30 heavy (non-hydrogen) atoms. The molecule has 1 aliphatic heterocycles. The predicted octanol–water partition coefficient (Wildman–Crippen LogP) is 3.99. The number of fused-ring (bicyclic) bond motifs is 1. The third kappa shape index (κ3) is 4.14. The van der Waals surface area contributed by atoms with Crippen molar-refractivity contribution in [2.45, 2.75) is 43.1 Å². The molecule has 160 valence electrons. The lowest BCUT2D eigenvalue weighted by Crippen LogP contribution is -2.40. The van der Waals surface area contributed by atoms with E-state index in [-0.39, 0.29) is 0 Å². The summed E-state index contributed by atoms with van der Waals surface area (Å²) in [6.45, 7) is 8.74. The van der Waals surface area contributed by atoms with Crippen LogP contribution in [-0.2, 0) is 27.1 Å². The second-order valence-corrected chi connectivity index (χ2v) is 10.4. The van der Waals surface area contributed by atoms with E-state index >= 15 is 0 Å². The van der Waals surface area contributed by atoms with Crippen LogP contribution in [0.1, 0.15) is 23.6 Å². The van der Waals surface area contributed by atoms with Crippen LogP contribution in [0.15, 0.2) is 46.5 Å². The molecule has 2 aromatic carbocycles. The van der Waals surface area contributed by atoms with E-state index in [0.29, 0.717) is 31.2 Å². The van der Waals surface area contributed by atoms with Crippen LogP contribution in [0.3, 0.4) is 0 Å². The summed E-state index contributed by atoms with van der Waals surface area (Å²) in [7, 11) is -3.53. The Kier molecular flexibility index (Phi) is 6.20. The zero-order valence-electron chi connectivity index (χ0n) is 17.6. The van der Waals surface area contributed by atoms with Gasteiger partial charge in [-0.25, -0.2) is 13.4 Å². The Bertz CT molecular complexity index is 1170. The van der Waals surface area contributed by atoms with Gasteiger partial charge in [0.2, 0.25) is 10.0 Å². The molecule has 0 N–H and O–H groups in total. The molecule has 6 nitrogen and oxygen atoms in total. The van der Waals surface area contributed by atoms with Crippen molar-refractivity contribution in [3.63, 3.8) is 0 Å². The lowest BCUT2D eigenvalue weighted by molar-refractivity contribution is 0.0730. The molecule has 0 aliphatic carbocycles. The normalized spacial score (nSPS) is 15.7. The number of ether oxygens (including phenoxy) is 1. The first-order chi connectivity index (χ1) is 14.4. The van der Waals surface area contributed by atoms with Crippen LogP contribution in [0.5, 0.6) is 0 Å². The first kappa shape index (κ1) is 21.4. The molecule has 2 heterocycles. The minimum atomic E-state index is -3.53. The fourth-order valence-electron chi connectivity index (χ4n) is 3.70. The predicted molar refractivity (Wildman–Crippen MR) is 120 cm³/mol. The Hall–Kier alpha value is -1.87. The average Bonchev–Trinajstić information content (AvgIpc) is 3.11. The zero-order valence-corrected chi connectivity index (χ0v) is 19.2. The summed E-state index contributed by atoms with van der Waals surface area (Å²) in [5.41, 5.74) is 5.49. The molecule has 0 spiro atoms. The highest BCUT2D eigenvalue weighted by molar-refractivity contribution is 7.98. The smallest absolute Gasteiger partial charge is 0.243 e. The SMILES string of the molecule is CCn1c(SCc2cc(C)ccc2C)nc2cc(S(=O)(=O)N3CCOCC3)ccc21. The third-order valence-corrected chi connectivity index (χ3v) is 8.39. The lowest BCUT2D eigenvalue weighted by Gasteiger charge is -2.26. The molecule has 0 atom stereocenters. The highest BCUT2D eigenvalue weighted by Crippen LogP contribution is 2.30. The molecule has 1 aromatic heterocycles. The van der Waals surface area contributed by atoms with E-state index in [2.05, 4.69) is 43.5 Å². The van der Waals surface area contributed by atoms with Crippen LogP contribution in [0.4, 0.5) is 0 Å². The molecule has 8 heteroatoms. The molecular formula is C22H27N3O3S2. The molecule has 1 fully saturated rings. The van der Waals surface area contributed by atoms with Gasteiger partial charge < -0.3 is 9.30 Å². The monoisotopic (exact) mass is 445 g/mol.